The third kappa shape index (κ3) is 5.69. The molecule has 2 fully saturated rings. The lowest BCUT2D eigenvalue weighted by Gasteiger charge is -2.39. The minimum atomic E-state index is 0.493. The molecule has 1 aromatic rings. The summed E-state index contributed by atoms with van der Waals surface area (Å²) in [5.74, 6) is 1.59. The molecule has 1 saturated heterocycles. The first-order valence-electron chi connectivity index (χ1n) is 10.6. The van der Waals surface area contributed by atoms with Gasteiger partial charge in [0.05, 0.1) is 6.54 Å². The molecule has 0 radical (unpaired) electrons. The minimum absolute atomic E-state index is 0.493. The van der Waals surface area contributed by atoms with Gasteiger partial charge in [-0.3, -0.25) is 14.8 Å². The van der Waals surface area contributed by atoms with Crippen LogP contribution in [0.25, 0.3) is 0 Å². The monoisotopic (exact) mass is 391 g/mol. The predicted molar refractivity (Wildman–Crippen MR) is 117 cm³/mol. The number of nitrogens with zero attached hydrogens (tertiary/aromatic N) is 3. The summed E-state index contributed by atoms with van der Waals surface area (Å²) in [6.07, 6.45) is 5.26. The topological polar surface area (TPSA) is 42.9 Å². The van der Waals surface area contributed by atoms with Gasteiger partial charge in [-0.2, -0.15) is 0 Å². The van der Waals surface area contributed by atoms with E-state index in [0.29, 0.717) is 18.0 Å². The summed E-state index contributed by atoms with van der Waals surface area (Å²) in [7, 11) is 4.51. The van der Waals surface area contributed by atoms with Crippen molar-refractivity contribution in [2.24, 2.45) is 10.9 Å². The van der Waals surface area contributed by atoms with E-state index in [1.807, 2.05) is 11.3 Å². The first-order chi connectivity index (χ1) is 13.1. The number of aliphatic imine (C=N–C) groups is 1. The van der Waals surface area contributed by atoms with Crippen LogP contribution in [-0.2, 0) is 0 Å². The fourth-order valence-corrected chi connectivity index (χ4v) is 5.13. The van der Waals surface area contributed by atoms with Crippen molar-refractivity contribution in [2.45, 2.75) is 57.7 Å². The highest BCUT2D eigenvalue weighted by atomic mass is 32.1. The van der Waals surface area contributed by atoms with Gasteiger partial charge in [0.15, 0.2) is 5.96 Å². The van der Waals surface area contributed by atoms with Crippen molar-refractivity contribution in [3.8, 4) is 0 Å². The molecule has 2 aliphatic rings. The molecule has 27 heavy (non-hydrogen) atoms. The Labute approximate surface area is 169 Å². The van der Waals surface area contributed by atoms with Crippen molar-refractivity contribution in [3.63, 3.8) is 0 Å². The zero-order chi connectivity index (χ0) is 19.2. The average Bonchev–Trinajstić information content (AvgIpc) is 3.38. The van der Waals surface area contributed by atoms with Crippen molar-refractivity contribution in [3.05, 3.63) is 22.4 Å². The number of guanidine groups is 1. The summed E-state index contributed by atoms with van der Waals surface area (Å²) in [5, 5.41) is 9.27. The standard InChI is InChI=1S/C21H37N5S/c1-5-22-21(23-14-16(2)26(4)18-10-11-18)24-15-17-8-6-12-25(3)20(17)19-9-7-13-27-19/h7,9,13,16-18,20H,5-6,8,10-12,14-15H2,1-4H3,(H2,22,23,24). The molecule has 2 heterocycles. The second kappa shape index (κ2) is 9.89. The Hall–Kier alpha value is -1.11. The predicted octanol–water partition coefficient (Wildman–Crippen LogP) is 3.17. The molecule has 1 aromatic heterocycles. The maximum atomic E-state index is 4.88. The van der Waals surface area contributed by atoms with Crippen molar-refractivity contribution in [2.75, 3.05) is 40.3 Å². The lowest BCUT2D eigenvalue weighted by atomic mass is 9.88. The third-order valence-electron chi connectivity index (χ3n) is 6.05. The van der Waals surface area contributed by atoms with Crippen LogP contribution in [0.1, 0.15) is 50.4 Å². The molecule has 3 atom stereocenters. The van der Waals surface area contributed by atoms with Crippen molar-refractivity contribution in [1.29, 1.82) is 0 Å². The Bertz CT molecular complexity index is 583. The van der Waals surface area contributed by atoms with Crippen LogP contribution in [0.5, 0.6) is 0 Å². The van der Waals surface area contributed by atoms with E-state index < -0.39 is 0 Å². The molecule has 0 spiro atoms. The van der Waals surface area contributed by atoms with E-state index in [-0.39, 0.29) is 0 Å². The van der Waals surface area contributed by atoms with Crippen LogP contribution in [0.3, 0.4) is 0 Å². The van der Waals surface area contributed by atoms with Crippen LogP contribution >= 0.6 is 11.3 Å². The van der Waals surface area contributed by atoms with Gasteiger partial charge in [-0.05, 0) is 77.5 Å². The van der Waals surface area contributed by atoms with Crippen LogP contribution < -0.4 is 10.6 Å². The van der Waals surface area contributed by atoms with E-state index in [9.17, 15) is 0 Å². The van der Waals surface area contributed by atoms with Crippen LogP contribution in [-0.4, -0.2) is 68.1 Å². The normalized spacial score (nSPS) is 25.6. The SMILES string of the molecule is CCNC(=NCC(C)N(C)C1CC1)NCC1CCCN(C)C1c1cccs1. The van der Waals surface area contributed by atoms with E-state index >= 15 is 0 Å². The Morgan fingerprint density at radius 2 is 2.19 bits per heavy atom. The quantitative estimate of drug-likeness (QED) is 0.528. The largest absolute Gasteiger partial charge is 0.357 e. The average molecular weight is 392 g/mol. The maximum absolute atomic E-state index is 4.88. The molecule has 5 nitrogen and oxygen atoms in total. The Morgan fingerprint density at radius 3 is 2.85 bits per heavy atom. The molecule has 152 valence electrons. The number of thiophene rings is 1. The van der Waals surface area contributed by atoms with Crippen molar-refractivity contribution >= 4 is 17.3 Å². The fraction of sp³-hybridized carbons (Fsp3) is 0.762. The van der Waals surface area contributed by atoms with Gasteiger partial charge >= 0.3 is 0 Å². The van der Waals surface area contributed by atoms with Crippen LogP contribution in [0, 0.1) is 5.92 Å². The molecular weight excluding hydrogens is 354 g/mol. The van der Waals surface area contributed by atoms with Crippen LogP contribution in [0.2, 0.25) is 0 Å². The highest BCUT2D eigenvalue weighted by Gasteiger charge is 2.31. The Kier molecular flexibility index (Phi) is 7.56. The molecule has 3 unspecified atom stereocenters. The van der Waals surface area contributed by atoms with Crippen LogP contribution in [0.15, 0.2) is 22.5 Å². The van der Waals surface area contributed by atoms with E-state index in [1.54, 1.807) is 0 Å². The number of rotatable bonds is 8. The molecule has 3 rings (SSSR count). The summed E-state index contributed by atoms with van der Waals surface area (Å²) in [5.41, 5.74) is 0. The lowest BCUT2D eigenvalue weighted by molar-refractivity contribution is 0.125. The van der Waals surface area contributed by atoms with Gasteiger partial charge in [0, 0.05) is 36.1 Å². The molecular formula is C21H37N5S. The molecule has 1 aliphatic carbocycles. The van der Waals surface area contributed by atoms with Crippen molar-refractivity contribution < 1.29 is 0 Å². The molecule has 1 saturated carbocycles. The number of likely N-dealkylation sites (tertiary alicyclic amines) is 1. The molecule has 0 aromatic carbocycles. The van der Waals surface area contributed by atoms with E-state index in [1.165, 1.54) is 37.1 Å². The zero-order valence-corrected chi connectivity index (χ0v) is 18.3. The molecule has 0 bridgehead atoms. The smallest absolute Gasteiger partial charge is 0.191 e. The number of hydrogen-bond donors (Lipinski definition) is 2. The van der Waals surface area contributed by atoms with E-state index in [2.05, 4.69) is 65.9 Å². The van der Waals surface area contributed by atoms with Gasteiger partial charge in [-0.15, -0.1) is 11.3 Å². The maximum Gasteiger partial charge on any atom is 0.191 e. The highest BCUT2D eigenvalue weighted by molar-refractivity contribution is 7.10. The summed E-state index contributed by atoms with van der Waals surface area (Å²) in [6.45, 7) is 8.34. The number of nitrogens with one attached hydrogen (secondary N) is 2. The molecule has 2 N–H and O–H groups in total. The summed E-state index contributed by atoms with van der Waals surface area (Å²) in [4.78, 5) is 11.4. The molecule has 6 heteroatoms. The van der Waals surface area contributed by atoms with Gasteiger partial charge < -0.3 is 10.6 Å². The Morgan fingerprint density at radius 1 is 1.37 bits per heavy atom. The summed E-state index contributed by atoms with van der Waals surface area (Å²) in [6, 6.07) is 6.27. The summed E-state index contributed by atoms with van der Waals surface area (Å²) < 4.78 is 0. The van der Waals surface area contributed by atoms with Crippen LogP contribution in [0.4, 0.5) is 0 Å². The number of likely N-dealkylation sites (N-methyl/N-ethyl adjacent to an activating group) is 1. The van der Waals surface area contributed by atoms with Gasteiger partial charge in [0.2, 0.25) is 0 Å². The van der Waals surface area contributed by atoms with Gasteiger partial charge in [-0.25, -0.2) is 0 Å². The molecule has 1 aliphatic heterocycles. The second-order valence-electron chi connectivity index (χ2n) is 8.19. The van der Waals surface area contributed by atoms with Gasteiger partial charge in [0.25, 0.3) is 0 Å². The minimum Gasteiger partial charge on any atom is -0.357 e. The highest BCUT2D eigenvalue weighted by Crippen LogP contribution is 2.36. The molecule has 0 amide bonds. The van der Waals surface area contributed by atoms with E-state index in [0.717, 1.165) is 31.6 Å². The van der Waals surface area contributed by atoms with Crippen molar-refractivity contribution in [1.82, 2.24) is 20.4 Å². The van der Waals surface area contributed by atoms with E-state index in [4.69, 9.17) is 4.99 Å². The Balaban J connectivity index is 1.57. The number of piperidine rings is 1. The van der Waals surface area contributed by atoms with Gasteiger partial charge in [0.1, 0.15) is 0 Å². The first-order valence-corrected chi connectivity index (χ1v) is 11.5. The first kappa shape index (κ1) is 20.6. The third-order valence-corrected chi connectivity index (χ3v) is 6.99. The lowest BCUT2D eigenvalue weighted by Crippen LogP contribution is -2.45. The summed E-state index contributed by atoms with van der Waals surface area (Å²) >= 11 is 1.89. The second-order valence-corrected chi connectivity index (χ2v) is 9.17. The number of hydrogen-bond acceptors (Lipinski definition) is 4. The fourth-order valence-electron chi connectivity index (χ4n) is 4.15. The van der Waals surface area contributed by atoms with Gasteiger partial charge in [-0.1, -0.05) is 6.07 Å². The zero-order valence-electron chi connectivity index (χ0n) is 17.4.